The number of nitrogens with zero attached hydrogens (tertiary/aromatic N) is 1. The molecule has 1 aromatic carbocycles. The lowest BCUT2D eigenvalue weighted by Crippen LogP contribution is -2.69. The zero-order chi connectivity index (χ0) is 24.0. The van der Waals surface area contributed by atoms with Gasteiger partial charge in [-0.15, -0.1) is 0 Å². The largest absolute Gasteiger partial charge is 0.806 e. The van der Waals surface area contributed by atoms with Crippen molar-refractivity contribution in [2.45, 2.75) is 45.7 Å². The molecule has 0 N–H and O–H groups in total. The summed E-state index contributed by atoms with van der Waals surface area (Å²) in [7, 11) is -6.33. The molecule has 0 atom stereocenters. The van der Waals surface area contributed by atoms with Crippen LogP contribution >= 0.6 is 0 Å². The van der Waals surface area contributed by atoms with Crippen molar-refractivity contribution in [1.82, 2.24) is 5.12 Å². The highest BCUT2D eigenvalue weighted by Gasteiger charge is 2.79. The molecule has 14 heteroatoms. The van der Waals surface area contributed by atoms with Crippen molar-refractivity contribution >= 4 is 32.6 Å². The Hall–Kier alpha value is -3.03. The summed E-state index contributed by atoms with van der Waals surface area (Å²) in [5.74, 6) is -10.4. The molecule has 0 spiro atoms. The molecular weight excluding hydrogens is 453 g/mol. The lowest BCUT2D eigenvalue weighted by atomic mass is 10.2. The molecule has 1 rings (SSSR count). The van der Waals surface area contributed by atoms with E-state index in [0.717, 1.165) is 26.8 Å². The number of carbonyl (C=O) groups excluding carboxylic acids is 4. The first-order valence-electron chi connectivity index (χ1n) is 8.84. The van der Waals surface area contributed by atoms with Gasteiger partial charge in [0.25, 0.3) is 23.8 Å². The number of benzene rings is 1. The van der Waals surface area contributed by atoms with Gasteiger partial charge < -0.3 is 13.3 Å². The average molecular weight is 471 g/mol. The summed E-state index contributed by atoms with van der Waals surface area (Å²) in [6.45, 7) is 3.43. The maximum Gasteiger partial charge on any atom is 0.806 e. The Morgan fingerprint density at radius 2 is 1.32 bits per heavy atom. The Balaban J connectivity index is 3.60. The highest BCUT2D eigenvalue weighted by Crippen LogP contribution is 2.37. The van der Waals surface area contributed by atoms with Gasteiger partial charge in [-0.2, -0.15) is 8.78 Å². The van der Waals surface area contributed by atoms with Crippen LogP contribution in [0.2, 0.25) is 0 Å². The molecule has 0 bridgehead atoms. The van der Waals surface area contributed by atoms with Gasteiger partial charge in [-0.05, 0) is 12.1 Å². The molecule has 0 unspecified atom stereocenters. The summed E-state index contributed by atoms with van der Waals surface area (Å²) in [5.41, 5.74) is -6.83. The molecule has 8 nitrogen and oxygen atoms in total. The topological polar surface area (TPSA) is 99.2 Å². The predicted octanol–water partition coefficient (Wildman–Crippen LogP) is 3.22. The van der Waals surface area contributed by atoms with Crippen LogP contribution in [0.25, 0.3) is 0 Å². The summed E-state index contributed by atoms with van der Waals surface area (Å²) >= 11 is 0. The van der Waals surface area contributed by atoms with Crippen LogP contribution in [-0.2, 0) is 27.7 Å². The van der Waals surface area contributed by atoms with Crippen molar-refractivity contribution in [3.05, 3.63) is 35.4 Å². The number of carbonyl (C=O) groups is 4. The van der Waals surface area contributed by atoms with Crippen LogP contribution in [0.1, 0.15) is 50.4 Å². The molecule has 0 heterocycles. The third-order valence-corrected chi connectivity index (χ3v) is 6.01. The summed E-state index contributed by atoms with van der Waals surface area (Å²) in [6.07, 6.45) is -1.76. The minimum Gasteiger partial charge on any atom is -0.451 e. The second kappa shape index (κ2) is 10.3. The SMILES string of the molecule is CCC(=O)O[Si](OC(=O)CC)(OC(=O)CC)C(F)(F)N(F)C(=O)c1cccc(F)c1F. The van der Waals surface area contributed by atoms with Gasteiger partial charge >= 0.3 is 14.5 Å². The van der Waals surface area contributed by atoms with Crippen LogP contribution < -0.4 is 0 Å². The van der Waals surface area contributed by atoms with Gasteiger partial charge in [0.05, 0.1) is 5.56 Å². The third-order valence-electron chi connectivity index (χ3n) is 3.59. The van der Waals surface area contributed by atoms with Crippen molar-refractivity contribution < 1.29 is 54.5 Å². The third kappa shape index (κ3) is 5.56. The van der Waals surface area contributed by atoms with Crippen LogP contribution in [0.4, 0.5) is 22.0 Å². The van der Waals surface area contributed by atoms with Gasteiger partial charge in [0.2, 0.25) is 0 Å². The second-order valence-corrected chi connectivity index (χ2v) is 8.09. The summed E-state index contributed by atoms with van der Waals surface area (Å²) in [6, 6.07) is 1.79. The van der Waals surface area contributed by atoms with E-state index in [0.29, 0.717) is 12.1 Å². The van der Waals surface area contributed by atoms with Gasteiger partial charge in [0.15, 0.2) is 11.6 Å². The summed E-state index contributed by atoms with van der Waals surface area (Å²) in [5, 5.41) is -1.92. The second-order valence-electron chi connectivity index (χ2n) is 5.77. The molecule has 172 valence electrons. The molecule has 0 fully saturated rings. The smallest absolute Gasteiger partial charge is 0.451 e. The standard InChI is InChI=1S/C17H18F5NO7Si/c1-4-12(24)28-31(29-13(25)5-2,30-14(26)6-3)17(20,21)23(22)16(27)10-8-7-9-11(18)15(10)19/h7-9H,4-6H2,1-3H3. The van der Waals surface area contributed by atoms with Crippen molar-refractivity contribution in [3.8, 4) is 0 Å². The van der Waals surface area contributed by atoms with Gasteiger partial charge in [-0.25, -0.2) is 8.78 Å². The quantitative estimate of drug-likeness (QED) is 0.236. The minimum atomic E-state index is -6.33. The molecule has 0 aliphatic heterocycles. The maximum atomic E-state index is 15.1. The van der Waals surface area contributed by atoms with Crippen molar-refractivity contribution in [2.75, 3.05) is 0 Å². The van der Waals surface area contributed by atoms with Crippen molar-refractivity contribution in [2.24, 2.45) is 0 Å². The van der Waals surface area contributed by atoms with Crippen LogP contribution in [0, 0.1) is 11.6 Å². The Morgan fingerprint density at radius 1 is 0.903 bits per heavy atom. The van der Waals surface area contributed by atoms with E-state index in [2.05, 4.69) is 13.3 Å². The number of alkyl halides is 2. The Bertz CT molecular complexity index is 822. The van der Waals surface area contributed by atoms with Crippen LogP contribution in [0.3, 0.4) is 0 Å². The molecular formula is C17H18F5NO7Si. The molecule has 0 radical (unpaired) electrons. The molecule has 1 amide bonds. The van der Waals surface area contributed by atoms with E-state index < -0.39 is 79.9 Å². The Morgan fingerprint density at radius 3 is 1.71 bits per heavy atom. The zero-order valence-electron chi connectivity index (χ0n) is 16.5. The number of rotatable bonds is 9. The van der Waals surface area contributed by atoms with E-state index in [4.69, 9.17) is 0 Å². The first kappa shape index (κ1) is 26.0. The molecule has 0 aliphatic rings. The predicted molar refractivity (Wildman–Crippen MR) is 93.5 cm³/mol. The van der Waals surface area contributed by atoms with E-state index in [-0.39, 0.29) is 0 Å². The number of hydrogen-bond donors (Lipinski definition) is 0. The van der Waals surface area contributed by atoms with Crippen LogP contribution in [0.5, 0.6) is 0 Å². The van der Waals surface area contributed by atoms with Crippen LogP contribution in [-0.4, -0.2) is 43.4 Å². The minimum absolute atomic E-state index is 0.501. The highest BCUT2D eigenvalue weighted by molar-refractivity contribution is 6.68. The van der Waals surface area contributed by atoms with Gasteiger partial charge in [0.1, 0.15) is 0 Å². The van der Waals surface area contributed by atoms with E-state index in [1.54, 1.807) is 0 Å². The zero-order valence-corrected chi connectivity index (χ0v) is 17.5. The molecule has 0 aliphatic carbocycles. The fourth-order valence-electron chi connectivity index (χ4n) is 1.94. The highest BCUT2D eigenvalue weighted by atomic mass is 28.4. The number of halogens is 5. The molecule has 31 heavy (non-hydrogen) atoms. The first-order valence-corrected chi connectivity index (χ1v) is 10.6. The molecule has 0 aromatic heterocycles. The van der Waals surface area contributed by atoms with Crippen molar-refractivity contribution in [3.63, 3.8) is 0 Å². The van der Waals surface area contributed by atoms with E-state index >= 15 is 8.78 Å². The average Bonchev–Trinajstić information content (AvgIpc) is 2.73. The van der Waals surface area contributed by atoms with E-state index in [1.165, 1.54) is 0 Å². The van der Waals surface area contributed by atoms with Crippen molar-refractivity contribution in [1.29, 1.82) is 0 Å². The molecule has 0 saturated carbocycles. The summed E-state index contributed by atoms with van der Waals surface area (Å²) in [4.78, 5) is 47.4. The monoisotopic (exact) mass is 471 g/mol. The van der Waals surface area contributed by atoms with Gasteiger partial charge in [-0.1, -0.05) is 36.4 Å². The molecule has 1 aromatic rings. The number of amides is 1. The van der Waals surface area contributed by atoms with E-state index in [1.807, 2.05) is 0 Å². The molecule has 0 saturated heterocycles. The normalized spacial score (nSPS) is 11.5. The van der Waals surface area contributed by atoms with Crippen LogP contribution in [0.15, 0.2) is 18.2 Å². The summed E-state index contributed by atoms with van der Waals surface area (Å²) < 4.78 is 85.3. The van der Waals surface area contributed by atoms with Gasteiger partial charge in [0, 0.05) is 19.3 Å². The van der Waals surface area contributed by atoms with E-state index in [9.17, 15) is 32.4 Å². The van der Waals surface area contributed by atoms with Gasteiger partial charge in [-0.3, -0.25) is 19.2 Å². The number of hydrogen-bond acceptors (Lipinski definition) is 7. The fraction of sp³-hybridized carbons (Fsp3) is 0.412. The first-order chi connectivity index (χ1) is 14.4. The lowest BCUT2D eigenvalue weighted by Gasteiger charge is -2.34. The maximum absolute atomic E-state index is 15.1. The fourth-order valence-corrected chi connectivity index (χ4v) is 4.10. The lowest BCUT2D eigenvalue weighted by molar-refractivity contribution is -0.200. The Kier molecular flexibility index (Phi) is 8.66. The Labute approximate surface area is 174 Å².